The lowest BCUT2D eigenvalue weighted by molar-refractivity contribution is -0.134. The molecule has 280 valence electrons. The van der Waals surface area contributed by atoms with Crippen molar-refractivity contribution >= 4 is 41.6 Å². The number of hydrogen-bond donors (Lipinski definition) is 3. The Bertz CT molecular complexity index is 1290. The van der Waals surface area contributed by atoms with Gasteiger partial charge in [-0.1, -0.05) is 49.9 Å². The van der Waals surface area contributed by atoms with Crippen molar-refractivity contribution < 1.29 is 18.8 Å². The number of thioether (sulfide) groups is 1. The molecule has 6 rings (SSSR count). The van der Waals surface area contributed by atoms with Gasteiger partial charge in [0.05, 0.1) is 16.1 Å². The van der Waals surface area contributed by atoms with Crippen molar-refractivity contribution in [1.82, 2.24) is 20.5 Å². The van der Waals surface area contributed by atoms with Gasteiger partial charge in [0.15, 0.2) is 11.5 Å². The summed E-state index contributed by atoms with van der Waals surface area (Å²) in [7, 11) is 1.50. The molecular weight excluding hydrogens is 670 g/mol. The van der Waals surface area contributed by atoms with Gasteiger partial charge in [0, 0.05) is 43.4 Å². The summed E-state index contributed by atoms with van der Waals surface area (Å²) < 4.78 is 13.9. The van der Waals surface area contributed by atoms with E-state index in [-0.39, 0.29) is 30.5 Å². The fraction of sp³-hybridized carbons (Fsp3) is 0.692. The summed E-state index contributed by atoms with van der Waals surface area (Å²) in [4.78, 5) is 42.4. The van der Waals surface area contributed by atoms with E-state index in [1.165, 1.54) is 99.6 Å². The predicted octanol–water partition coefficient (Wildman–Crippen LogP) is 6.64. The first-order valence-electron chi connectivity index (χ1n) is 18.5. The van der Waals surface area contributed by atoms with E-state index >= 15 is 0 Å². The van der Waals surface area contributed by atoms with Crippen molar-refractivity contribution in [1.29, 1.82) is 0 Å². The molecule has 1 aromatic heterocycles. The van der Waals surface area contributed by atoms with Crippen molar-refractivity contribution in [2.24, 2.45) is 23.5 Å². The molecule has 1 saturated heterocycles. The summed E-state index contributed by atoms with van der Waals surface area (Å²) in [5.41, 5.74) is 8.02. The second kappa shape index (κ2) is 20.8. The number of nitrogens with one attached hydrogen (secondary N) is 2. The lowest BCUT2D eigenvalue weighted by atomic mass is 9.81. The van der Waals surface area contributed by atoms with Crippen LogP contribution in [0.3, 0.4) is 0 Å². The van der Waals surface area contributed by atoms with E-state index in [9.17, 15) is 14.0 Å². The smallest absolute Gasteiger partial charge is 0.258 e. The minimum Gasteiger partial charge on any atom is -0.342 e. The fourth-order valence-electron chi connectivity index (χ4n) is 7.47. The SMILES string of the molecule is C1CCC(CN2CCNCC2)CC1.C=O.CN.CSC(C)(C)C(NC(=O)C1(F)CC1)C(=O)C1CCCC1Cc1ccc(-c2scnc2C)cc1. The van der Waals surface area contributed by atoms with Gasteiger partial charge in [-0.25, -0.2) is 9.37 Å². The Balaban J connectivity index is 0.000000330. The Morgan fingerprint density at radius 3 is 2.28 bits per heavy atom. The third-order valence-corrected chi connectivity index (χ3v) is 13.1. The third kappa shape index (κ3) is 11.9. The van der Waals surface area contributed by atoms with Crippen LogP contribution in [0, 0.1) is 24.7 Å². The molecule has 0 radical (unpaired) electrons. The fourth-order valence-corrected chi connectivity index (χ4v) is 8.70. The summed E-state index contributed by atoms with van der Waals surface area (Å²) in [6, 6.07) is 7.89. The van der Waals surface area contributed by atoms with Gasteiger partial charge in [-0.3, -0.25) is 9.59 Å². The number of nitrogens with two attached hydrogens (primary N) is 1. The quantitative estimate of drug-likeness (QED) is 0.236. The number of amides is 1. The van der Waals surface area contributed by atoms with Gasteiger partial charge in [0.25, 0.3) is 5.91 Å². The Morgan fingerprint density at radius 2 is 1.72 bits per heavy atom. The molecule has 4 fully saturated rings. The van der Waals surface area contributed by atoms with Gasteiger partial charge in [-0.05, 0) is 102 Å². The number of Topliss-reactive ketones (excluding diaryl/α,β-unsaturated/α-hetero) is 1. The number of aromatic nitrogens is 1. The van der Waals surface area contributed by atoms with Crippen LogP contribution in [-0.4, -0.2) is 90.8 Å². The molecular formula is C39H62FN5O3S2. The standard InChI is InChI=1S/C26H33FN2O2S2.C11H22N2.CH5N.CH2O/c1-16-22(33-15-28-16)18-10-8-17(9-11-18)14-19-6-5-7-20(19)21(30)23(25(2,3)32-4)29-24(31)26(27)12-13-26;1-2-4-11(5-3-1)10-13-8-6-12-7-9-13;2*1-2/h8-11,15,19-20,23H,5-7,12-14H2,1-4H3,(H,29,31);11-12H,1-10H2;2H2,1H3;1H2. The van der Waals surface area contributed by atoms with Gasteiger partial charge < -0.3 is 26.1 Å². The largest absolute Gasteiger partial charge is 0.342 e. The van der Waals surface area contributed by atoms with Crippen LogP contribution in [0.15, 0.2) is 29.8 Å². The number of halogens is 1. The zero-order valence-corrected chi connectivity index (χ0v) is 32.7. The van der Waals surface area contributed by atoms with Gasteiger partial charge >= 0.3 is 0 Å². The number of thiazole rings is 1. The Labute approximate surface area is 308 Å². The van der Waals surface area contributed by atoms with Crippen molar-refractivity contribution in [3.05, 3.63) is 41.0 Å². The van der Waals surface area contributed by atoms with Crippen LogP contribution in [0.1, 0.15) is 89.3 Å². The summed E-state index contributed by atoms with van der Waals surface area (Å²) in [6.45, 7) is 14.3. The number of rotatable bonds is 11. The monoisotopic (exact) mass is 731 g/mol. The molecule has 4 aliphatic rings. The van der Waals surface area contributed by atoms with Crippen LogP contribution in [0.4, 0.5) is 4.39 Å². The number of nitrogens with zero attached hydrogens (tertiary/aromatic N) is 2. The first-order chi connectivity index (χ1) is 24.1. The van der Waals surface area contributed by atoms with Crippen LogP contribution in [0.5, 0.6) is 0 Å². The maximum atomic E-state index is 14.4. The van der Waals surface area contributed by atoms with Crippen molar-refractivity contribution in [3.63, 3.8) is 0 Å². The Morgan fingerprint density at radius 1 is 1.08 bits per heavy atom. The maximum Gasteiger partial charge on any atom is 0.258 e. The second-order valence-electron chi connectivity index (χ2n) is 14.6. The highest BCUT2D eigenvalue weighted by molar-refractivity contribution is 8.00. The van der Waals surface area contributed by atoms with E-state index in [0.29, 0.717) is 0 Å². The van der Waals surface area contributed by atoms with E-state index in [1.807, 2.05) is 39.3 Å². The molecule has 1 aliphatic heterocycles. The first kappa shape index (κ1) is 42.2. The highest BCUT2D eigenvalue weighted by Gasteiger charge is 2.53. The zero-order chi connectivity index (χ0) is 36.7. The summed E-state index contributed by atoms with van der Waals surface area (Å²) in [5.74, 6) is 0.593. The Kier molecular flexibility index (Phi) is 17.5. The molecule has 2 aromatic rings. The van der Waals surface area contributed by atoms with E-state index in [4.69, 9.17) is 4.79 Å². The number of carbonyl (C=O) groups excluding carboxylic acids is 3. The van der Waals surface area contributed by atoms with Crippen molar-refractivity contribution in [2.75, 3.05) is 46.0 Å². The average Bonchev–Trinajstić information content (AvgIpc) is 3.50. The summed E-state index contributed by atoms with van der Waals surface area (Å²) >= 11 is 3.19. The molecule has 50 heavy (non-hydrogen) atoms. The molecule has 3 saturated carbocycles. The summed E-state index contributed by atoms with van der Waals surface area (Å²) in [5, 5.41) is 6.22. The van der Waals surface area contributed by atoms with E-state index in [2.05, 4.69) is 50.5 Å². The molecule has 3 unspecified atom stereocenters. The minimum absolute atomic E-state index is 0.0614. The lowest BCUT2D eigenvalue weighted by Crippen LogP contribution is -2.56. The zero-order valence-electron chi connectivity index (χ0n) is 31.1. The Hall–Kier alpha value is -2.18. The molecule has 0 bridgehead atoms. The molecule has 0 spiro atoms. The maximum absolute atomic E-state index is 14.4. The highest BCUT2D eigenvalue weighted by Crippen LogP contribution is 2.42. The number of aryl methyl sites for hydroxylation is 1. The normalized spacial score (nSPS) is 22.4. The van der Waals surface area contributed by atoms with Gasteiger partial charge in [0.1, 0.15) is 12.8 Å². The minimum atomic E-state index is -1.78. The topological polar surface area (TPSA) is 117 Å². The molecule has 2 heterocycles. The van der Waals surface area contributed by atoms with Crippen LogP contribution in [-0.2, 0) is 20.8 Å². The van der Waals surface area contributed by atoms with Gasteiger partial charge in [-0.15, -0.1) is 11.3 Å². The first-order valence-corrected chi connectivity index (χ1v) is 20.6. The van der Waals surface area contributed by atoms with E-state index < -0.39 is 22.4 Å². The molecule has 1 amide bonds. The molecule has 3 aliphatic carbocycles. The van der Waals surface area contributed by atoms with Crippen LogP contribution >= 0.6 is 23.1 Å². The van der Waals surface area contributed by atoms with E-state index in [0.717, 1.165) is 37.3 Å². The third-order valence-electron chi connectivity index (χ3n) is 10.8. The van der Waals surface area contributed by atoms with Crippen LogP contribution < -0.4 is 16.4 Å². The second-order valence-corrected chi connectivity index (χ2v) is 16.9. The number of carbonyl (C=O) groups is 3. The van der Waals surface area contributed by atoms with Gasteiger partial charge in [0.2, 0.25) is 0 Å². The number of piperazine rings is 1. The van der Waals surface area contributed by atoms with Gasteiger partial charge in [-0.2, -0.15) is 11.8 Å². The summed E-state index contributed by atoms with van der Waals surface area (Å²) in [6.07, 6.45) is 13.6. The predicted molar refractivity (Wildman–Crippen MR) is 208 cm³/mol. The van der Waals surface area contributed by atoms with E-state index in [1.54, 1.807) is 11.3 Å². The molecule has 4 N–H and O–H groups in total. The highest BCUT2D eigenvalue weighted by atomic mass is 32.2. The lowest BCUT2D eigenvalue weighted by Gasteiger charge is -2.35. The van der Waals surface area contributed by atoms with Crippen LogP contribution in [0.25, 0.3) is 10.4 Å². The average molecular weight is 732 g/mol. The number of benzene rings is 1. The number of ketones is 1. The molecule has 11 heteroatoms. The number of alkyl halides is 1. The van der Waals surface area contributed by atoms with Crippen LogP contribution in [0.2, 0.25) is 0 Å². The molecule has 8 nitrogen and oxygen atoms in total. The van der Waals surface area contributed by atoms with Crippen molar-refractivity contribution in [2.45, 2.75) is 108 Å². The van der Waals surface area contributed by atoms with Crippen molar-refractivity contribution in [3.8, 4) is 10.4 Å². The molecule has 3 atom stereocenters. The number of hydrogen-bond acceptors (Lipinski definition) is 9. The molecule has 1 aromatic carbocycles.